The normalized spacial score (nSPS) is 15.4. The zero-order chi connectivity index (χ0) is 10.6. The van der Waals surface area contributed by atoms with Crippen molar-refractivity contribution < 1.29 is 4.21 Å². The third kappa shape index (κ3) is 3.86. The monoisotopic (exact) mass is 232 g/mol. The van der Waals surface area contributed by atoms with E-state index in [1.807, 2.05) is 19.2 Å². The molecule has 3 nitrogen and oxygen atoms in total. The lowest BCUT2D eigenvalue weighted by atomic mass is 10.3. The van der Waals surface area contributed by atoms with E-state index < -0.39 is 10.8 Å². The van der Waals surface area contributed by atoms with Gasteiger partial charge in [0.05, 0.1) is 16.5 Å². The lowest BCUT2D eigenvalue weighted by Gasteiger charge is -2.06. The van der Waals surface area contributed by atoms with E-state index in [4.69, 9.17) is 5.73 Å². The minimum absolute atomic E-state index is 0.0514. The predicted molar refractivity (Wildman–Crippen MR) is 61.8 cm³/mol. The Kier molecular flexibility index (Phi) is 4.71. The average molecular weight is 232 g/mol. The summed E-state index contributed by atoms with van der Waals surface area (Å²) < 4.78 is 11.6. The fourth-order valence-corrected chi connectivity index (χ4v) is 3.08. The molecule has 1 rings (SSSR count). The number of thiazole rings is 1. The second-order valence-electron chi connectivity index (χ2n) is 3.28. The van der Waals surface area contributed by atoms with Gasteiger partial charge in [0.2, 0.25) is 0 Å². The maximum Gasteiger partial charge on any atom is 0.0897 e. The molecule has 0 spiro atoms. The van der Waals surface area contributed by atoms with Crippen molar-refractivity contribution in [3.63, 3.8) is 0 Å². The van der Waals surface area contributed by atoms with Crippen molar-refractivity contribution in [1.29, 1.82) is 0 Å². The van der Waals surface area contributed by atoms with E-state index >= 15 is 0 Å². The molecule has 0 aromatic carbocycles. The van der Waals surface area contributed by atoms with E-state index in [2.05, 4.69) is 4.98 Å². The molecule has 0 fully saturated rings. The van der Waals surface area contributed by atoms with Crippen molar-refractivity contribution >= 4 is 22.1 Å². The lowest BCUT2D eigenvalue weighted by Crippen LogP contribution is -2.26. The van der Waals surface area contributed by atoms with E-state index in [0.717, 1.165) is 17.1 Å². The molecule has 1 heterocycles. The minimum Gasteiger partial charge on any atom is -0.327 e. The standard InChI is InChI=1S/C9H16N2OS2/c1-3-8(10)5-14(12)6-9-4-13-7(2)11-9/h4,8H,3,5-6,10H2,1-2H3. The first kappa shape index (κ1) is 11.8. The molecule has 2 atom stereocenters. The summed E-state index contributed by atoms with van der Waals surface area (Å²) >= 11 is 1.59. The molecule has 0 aliphatic carbocycles. The number of nitrogens with two attached hydrogens (primary N) is 1. The van der Waals surface area contributed by atoms with Crippen molar-refractivity contribution in [2.24, 2.45) is 5.73 Å². The van der Waals surface area contributed by atoms with Crippen molar-refractivity contribution in [2.75, 3.05) is 5.75 Å². The Bertz CT molecular complexity index is 312. The second-order valence-corrected chi connectivity index (χ2v) is 5.84. The largest absolute Gasteiger partial charge is 0.327 e. The van der Waals surface area contributed by atoms with Crippen LogP contribution in [0.2, 0.25) is 0 Å². The highest BCUT2D eigenvalue weighted by Gasteiger charge is 2.08. The van der Waals surface area contributed by atoms with Crippen LogP contribution < -0.4 is 5.73 Å². The molecular formula is C9H16N2OS2. The Hall–Kier alpha value is -0.260. The second kappa shape index (κ2) is 5.58. The van der Waals surface area contributed by atoms with Gasteiger partial charge >= 0.3 is 0 Å². The first-order valence-electron chi connectivity index (χ1n) is 4.63. The number of hydrogen-bond donors (Lipinski definition) is 1. The molecular weight excluding hydrogens is 216 g/mol. The number of hydrogen-bond acceptors (Lipinski definition) is 4. The number of nitrogens with zero attached hydrogens (tertiary/aromatic N) is 1. The van der Waals surface area contributed by atoms with E-state index in [-0.39, 0.29) is 6.04 Å². The maximum absolute atomic E-state index is 11.6. The summed E-state index contributed by atoms with van der Waals surface area (Å²) in [6, 6.07) is 0.0514. The quantitative estimate of drug-likeness (QED) is 0.835. The summed E-state index contributed by atoms with van der Waals surface area (Å²) in [6.07, 6.45) is 0.877. The molecule has 0 radical (unpaired) electrons. The van der Waals surface area contributed by atoms with Gasteiger partial charge in [0.25, 0.3) is 0 Å². The lowest BCUT2D eigenvalue weighted by molar-refractivity contribution is 0.662. The molecule has 0 amide bonds. The molecule has 1 aromatic heterocycles. The summed E-state index contributed by atoms with van der Waals surface area (Å²) in [5.41, 5.74) is 6.65. The number of aromatic nitrogens is 1. The first-order chi connectivity index (χ1) is 6.61. The van der Waals surface area contributed by atoms with E-state index in [0.29, 0.717) is 11.5 Å². The predicted octanol–water partition coefficient (Wildman–Crippen LogP) is 1.44. The molecule has 1 aromatic rings. The van der Waals surface area contributed by atoms with Gasteiger partial charge in [-0.25, -0.2) is 4.98 Å². The topological polar surface area (TPSA) is 56.0 Å². The van der Waals surface area contributed by atoms with Crippen molar-refractivity contribution in [3.05, 3.63) is 16.1 Å². The Morgan fingerprint density at radius 3 is 2.93 bits per heavy atom. The van der Waals surface area contributed by atoms with Gasteiger partial charge in [-0.1, -0.05) is 6.92 Å². The highest BCUT2D eigenvalue weighted by Crippen LogP contribution is 2.10. The van der Waals surface area contributed by atoms with Crippen molar-refractivity contribution in [2.45, 2.75) is 32.1 Å². The third-order valence-electron chi connectivity index (χ3n) is 1.90. The molecule has 0 aliphatic heterocycles. The Morgan fingerprint density at radius 2 is 2.43 bits per heavy atom. The van der Waals surface area contributed by atoms with Gasteiger partial charge in [-0.2, -0.15) is 0 Å². The zero-order valence-corrected chi connectivity index (χ0v) is 10.2. The van der Waals surface area contributed by atoms with Gasteiger partial charge in [0, 0.05) is 28.0 Å². The summed E-state index contributed by atoms with van der Waals surface area (Å²) in [7, 11) is -0.868. The van der Waals surface area contributed by atoms with Crippen LogP contribution in [0.5, 0.6) is 0 Å². The highest BCUT2D eigenvalue weighted by atomic mass is 32.2. The minimum atomic E-state index is -0.868. The molecule has 0 bridgehead atoms. The van der Waals surface area contributed by atoms with Crippen LogP contribution in [0.3, 0.4) is 0 Å². The van der Waals surface area contributed by atoms with Gasteiger partial charge in [-0.3, -0.25) is 4.21 Å². The Balaban J connectivity index is 2.41. The van der Waals surface area contributed by atoms with Crippen LogP contribution in [-0.2, 0) is 16.6 Å². The van der Waals surface area contributed by atoms with Crippen molar-refractivity contribution in [3.8, 4) is 0 Å². The van der Waals surface area contributed by atoms with Gasteiger partial charge in [0.1, 0.15) is 0 Å². The Labute approximate surface area is 91.2 Å². The summed E-state index contributed by atoms with van der Waals surface area (Å²) in [6.45, 7) is 3.96. The van der Waals surface area contributed by atoms with Gasteiger partial charge < -0.3 is 5.73 Å². The first-order valence-corrected chi connectivity index (χ1v) is 7.00. The number of aryl methyl sites for hydroxylation is 1. The summed E-state index contributed by atoms with van der Waals surface area (Å²) in [5, 5.41) is 2.99. The summed E-state index contributed by atoms with van der Waals surface area (Å²) in [4.78, 5) is 4.27. The van der Waals surface area contributed by atoms with Crippen LogP contribution in [0.15, 0.2) is 5.38 Å². The van der Waals surface area contributed by atoms with Crippen LogP contribution in [0.1, 0.15) is 24.0 Å². The zero-order valence-electron chi connectivity index (χ0n) is 8.53. The number of rotatable bonds is 5. The van der Waals surface area contributed by atoms with Crippen LogP contribution in [0.4, 0.5) is 0 Å². The smallest absolute Gasteiger partial charge is 0.0897 e. The molecule has 0 saturated carbocycles. The van der Waals surface area contributed by atoms with E-state index in [9.17, 15) is 4.21 Å². The van der Waals surface area contributed by atoms with Gasteiger partial charge in [-0.15, -0.1) is 11.3 Å². The fraction of sp³-hybridized carbons (Fsp3) is 0.667. The van der Waals surface area contributed by atoms with Crippen LogP contribution in [0, 0.1) is 6.92 Å². The van der Waals surface area contributed by atoms with Crippen LogP contribution in [-0.4, -0.2) is 21.0 Å². The van der Waals surface area contributed by atoms with Gasteiger partial charge in [0.15, 0.2) is 0 Å². The molecule has 0 aliphatic rings. The van der Waals surface area contributed by atoms with Gasteiger partial charge in [-0.05, 0) is 13.3 Å². The Morgan fingerprint density at radius 1 is 1.71 bits per heavy atom. The van der Waals surface area contributed by atoms with Crippen LogP contribution in [0.25, 0.3) is 0 Å². The molecule has 0 saturated heterocycles. The van der Waals surface area contributed by atoms with Crippen LogP contribution >= 0.6 is 11.3 Å². The third-order valence-corrected chi connectivity index (χ3v) is 4.14. The van der Waals surface area contributed by atoms with Crippen molar-refractivity contribution in [1.82, 2.24) is 4.98 Å². The molecule has 80 valence electrons. The fourth-order valence-electron chi connectivity index (χ4n) is 1.06. The maximum atomic E-state index is 11.6. The molecule has 2 unspecified atom stereocenters. The average Bonchev–Trinajstić information content (AvgIpc) is 2.50. The molecule has 5 heteroatoms. The molecule has 2 N–H and O–H groups in total. The summed E-state index contributed by atoms with van der Waals surface area (Å²) in [5.74, 6) is 1.12. The molecule has 14 heavy (non-hydrogen) atoms. The highest BCUT2D eigenvalue weighted by molar-refractivity contribution is 7.84. The van der Waals surface area contributed by atoms with E-state index in [1.165, 1.54) is 0 Å². The SMILES string of the molecule is CCC(N)CS(=O)Cc1csc(C)n1. The van der Waals surface area contributed by atoms with E-state index in [1.54, 1.807) is 11.3 Å².